The van der Waals surface area contributed by atoms with Crippen LogP contribution in [0.15, 0.2) is 61.1 Å². The van der Waals surface area contributed by atoms with E-state index in [1.165, 1.54) is 25.7 Å². The van der Waals surface area contributed by atoms with Crippen molar-refractivity contribution >= 4 is 5.70 Å². The number of hydrogen-bond acceptors (Lipinski definition) is 5. The monoisotopic (exact) mass is 354 g/mol. The second-order valence-corrected chi connectivity index (χ2v) is 6.35. The van der Waals surface area contributed by atoms with Crippen LogP contribution < -0.4 is 16.3 Å². The van der Waals surface area contributed by atoms with Gasteiger partial charge in [-0.1, -0.05) is 43.9 Å². The van der Waals surface area contributed by atoms with Crippen LogP contribution in [0.5, 0.6) is 5.75 Å². The molecule has 1 heterocycles. The third kappa shape index (κ3) is 8.03. The van der Waals surface area contributed by atoms with Crippen LogP contribution >= 0.6 is 0 Å². The number of hydrogen-bond donors (Lipinski definition) is 2. The second-order valence-electron chi connectivity index (χ2n) is 6.35. The van der Waals surface area contributed by atoms with Crippen LogP contribution in [-0.4, -0.2) is 23.1 Å². The summed E-state index contributed by atoms with van der Waals surface area (Å²) in [5, 5.41) is 1.66. The highest BCUT2D eigenvalue weighted by molar-refractivity contribution is 5.60. The number of pyridine rings is 1. The van der Waals surface area contributed by atoms with Gasteiger partial charge in [-0.2, -0.15) is 0 Å². The highest BCUT2D eigenvalue weighted by atomic mass is 16.5. The SMILES string of the molecule is N/C(=C\N(N)CCCCCCCCOc1ccccc1)c1cccnc1. The lowest BCUT2D eigenvalue weighted by Gasteiger charge is -2.15. The molecule has 26 heavy (non-hydrogen) atoms. The van der Waals surface area contributed by atoms with E-state index in [2.05, 4.69) is 4.98 Å². The molecule has 140 valence electrons. The van der Waals surface area contributed by atoms with E-state index in [0.717, 1.165) is 37.3 Å². The van der Waals surface area contributed by atoms with E-state index in [9.17, 15) is 0 Å². The summed E-state index contributed by atoms with van der Waals surface area (Å²) in [5.41, 5.74) is 7.55. The lowest BCUT2D eigenvalue weighted by molar-refractivity contribution is 0.304. The minimum atomic E-state index is 0.638. The van der Waals surface area contributed by atoms with Crippen molar-refractivity contribution in [1.82, 2.24) is 9.99 Å². The minimum Gasteiger partial charge on any atom is -0.494 e. The summed E-state index contributed by atoms with van der Waals surface area (Å²) in [5.74, 6) is 6.94. The molecule has 5 heteroatoms. The van der Waals surface area contributed by atoms with Gasteiger partial charge in [0.25, 0.3) is 0 Å². The van der Waals surface area contributed by atoms with Gasteiger partial charge in [0.1, 0.15) is 5.75 Å². The summed E-state index contributed by atoms with van der Waals surface area (Å²) >= 11 is 0. The Balaban J connectivity index is 1.47. The van der Waals surface area contributed by atoms with Crippen molar-refractivity contribution in [3.8, 4) is 5.75 Å². The molecule has 2 aromatic rings. The van der Waals surface area contributed by atoms with Crippen molar-refractivity contribution in [2.24, 2.45) is 11.6 Å². The Morgan fingerprint density at radius 1 is 0.962 bits per heavy atom. The maximum absolute atomic E-state index is 6.02. The molecule has 0 fully saturated rings. The summed E-state index contributed by atoms with van der Waals surface area (Å²) in [6.07, 6.45) is 12.2. The highest BCUT2D eigenvalue weighted by Gasteiger charge is 1.99. The van der Waals surface area contributed by atoms with E-state index < -0.39 is 0 Å². The summed E-state index contributed by atoms with van der Waals surface area (Å²) < 4.78 is 5.69. The lowest BCUT2D eigenvalue weighted by atomic mass is 10.1. The van der Waals surface area contributed by atoms with Crippen molar-refractivity contribution in [3.05, 3.63) is 66.6 Å². The first kappa shape index (κ1) is 19.8. The predicted molar refractivity (Wildman–Crippen MR) is 107 cm³/mol. The number of aromatic nitrogens is 1. The van der Waals surface area contributed by atoms with E-state index in [0.29, 0.717) is 5.70 Å². The van der Waals surface area contributed by atoms with Crippen LogP contribution in [0.25, 0.3) is 5.70 Å². The number of nitrogens with two attached hydrogens (primary N) is 2. The van der Waals surface area contributed by atoms with Crippen LogP contribution in [0.4, 0.5) is 0 Å². The summed E-state index contributed by atoms with van der Waals surface area (Å²) in [7, 11) is 0. The van der Waals surface area contributed by atoms with Gasteiger partial charge in [-0.3, -0.25) is 4.98 Å². The zero-order valence-electron chi connectivity index (χ0n) is 15.4. The van der Waals surface area contributed by atoms with Gasteiger partial charge in [0.15, 0.2) is 0 Å². The number of unbranched alkanes of at least 4 members (excludes halogenated alkanes) is 5. The standard InChI is InChI=1S/C21H30N4O/c22-21(19-11-10-14-24-17-19)18-25(23)15-8-3-1-2-4-9-16-26-20-12-6-5-7-13-20/h5-7,10-14,17-18H,1-4,8-9,15-16,22-23H2/b21-18-. The van der Waals surface area contributed by atoms with Crippen LogP contribution in [0.3, 0.4) is 0 Å². The van der Waals surface area contributed by atoms with Gasteiger partial charge in [-0.15, -0.1) is 0 Å². The van der Waals surface area contributed by atoms with Gasteiger partial charge in [-0.05, 0) is 37.1 Å². The highest BCUT2D eigenvalue weighted by Crippen LogP contribution is 2.11. The zero-order chi connectivity index (χ0) is 18.5. The molecule has 2 rings (SSSR count). The van der Waals surface area contributed by atoms with Crippen molar-refractivity contribution in [1.29, 1.82) is 0 Å². The molecule has 0 radical (unpaired) electrons. The number of rotatable bonds is 12. The first-order chi connectivity index (χ1) is 12.8. The molecule has 0 saturated heterocycles. The number of para-hydroxylation sites is 1. The molecule has 0 aliphatic heterocycles. The first-order valence-corrected chi connectivity index (χ1v) is 9.32. The maximum atomic E-state index is 6.02. The largest absolute Gasteiger partial charge is 0.494 e. The fourth-order valence-corrected chi connectivity index (χ4v) is 2.66. The normalized spacial score (nSPS) is 11.3. The average molecular weight is 354 g/mol. The quantitative estimate of drug-likeness (QED) is 0.343. The Hall–Kier alpha value is -2.53. The molecule has 0 spiro atoms. The van der Waals surface area contributed by atoms with E-state index in [1.54, 1.807) is 23.6 Å². The van der Waals surface area contributed by atoms with Crippen LogP contribution in [0.2, 0.25) is 0 Å². The molecule has 0 aliphatic carbocycles. The zero-order valence-corrected chi connectivity index (χ0v) is 15.4. The molecule has 5 nitrogen and oxygen atoms in total. The predicted octanol–water partition coefficient (Wildman–Crippen LogP) is 3.93. The van der Waals surface area contributed by atoms with Gasteiger partial charge >= 0.3 is 0 Å². The second kappa shape index (κ2) is 11.9. The van der Waals surface area contributed by atoms with Crippen LogP contribution in [0.1, 0.15) is 44.1 Å². The molecule has 0 amide bonds. The number of nitrogens with zero attached hydrogens (tertiary/aromatic N) is 2. The van der Waals surface area contributed by atoms with Gasteiger partial charge in [-0.25, -0.2) is 5.84 Å². The number of hydrazine groups is 1. The van der Waals surface area contributed by atoms with Crippen LogP contribution in [0, 0.1) is 0 Å². The van der Waals surface area contributed by atoms with E-state index in [4.69, 9.17) is 16.3 Å². The fourth-order valence-electron chi connectivity index (χ4n) is 2.66. The molecule has 0 bridgehead atoms. The van der Waals surface area contributed by atoms with E-state index in [1.807, 2.05) is 42.5 Å². The molecule has 0 saturated carbocycles. The van der Waals surface area contributed by atoms with Gasteiger partial charge in [0.2, 0.25) is 0 Å². The first-order valence-electron chi connectivity index (χ1n) is 9.32. The van der Waals surface area contributed by atoms with Crippen molar-refractivity contribution in [2.45, 2.75) is 38.5 Å². The summed E-state index contributed by atoms with van der Waals surface area (Å²) in [4.78, 5) is 4.06. The van der Waals surface area contributed by atoms with Gasteiger partial charge in [0, 0.05) is 30.7 Å². The smallest absolute Gasteiger partial charge is 0.119 e. The summed E-state index contributed by atoms with van der Waals surface area (Å²) in [6, 6.07) is 13.8. The molecular weight excluding hydrogens is 324 g/mol. The Morgan fingerprint density at radius 2 is 1.69 bits per heavy atom. The Bertz CT molecular complexity index is 631. The van der Waals surface area contributed by atoms with Crippen molar-refractivity contribution in [3.63, 3.8) is 0 Å². The van der Waals surface area contributed by atoms with E-state index >= 15 is 0 Å². The average Bonchev–Trinajstić information content (AvgIpc) is 2.68. The molecule has 1 aromatic carbocycles. The Labute approximate surface area is 156 Å². The van der Waals surface area contributed by atoms with Gasteiger partial charge in [0.05, 0.1) is 12.3 Å². The minimum absolute atomic E-state index is 0.638. The Morgan fingerprint density at radius 3 is 2.42 bits per heavy atom. The van der Waals surface area contributed by atoms with Crippen molar-refractivity contribution in [2.75, 3.05) is 13.2 Å². The molecule has 0 aliphatic rings. The Kier molecular flexibility index (Phi) is 9.08. The molecular formula is C21H30N4O. The third-order valence-electron chi connectivity index (χ3n) is 4.12. The summed E-state index contributed by atoms with van der Waals surface area (Å²) in [6.45, 7) is 1.59. The van der Waals surface area contributed by atoms with Gasteiger partial charge < -0.3 is 15.5 Å². The fraction of sp³-hybridized carbons (Fsp3) is 0.381. The molecule has 0 unspecified atom stereocenters. The number of ether oxygens (including phenoxy) is 1. The molecule has 0 atom stereocenters. The third-order valence-corrected chi connectivity index (χ3v) is 4.12. The van der Waals surface area contributed by atoms with Crippen LogP contribution in [-0.2, 0) is 0 Å². The topological polar surface area (TPSA) is 77.4 Å². The van der Waals surface area contributed by atoms with E-state index in [-0.39, 0.29) is 0 Å². The lowest BCUT2D eigenvalue weighted by Crippen LogP contribution is -2.27. The molecule has 4 N–H and O–H groups in total. The molecule has 1 aromatic heterocycles. The van der Waals surface area contributed by atoms with Crippen molar-refractivity contribution < 1.29 is 4.74 Å². The maximum Gasteiger partial charge on any atom is 0.119 e. The number of benzene rings is 1.